The van der Waals surface area contributed by atoms with Crippen molar-refractivity contribution in [3.05, 3.63) is 38.9 Å². The topological polar surface area (TPSA) is 117 Å². The van der Waals surface area contributed by atoms with Crippen molar-refractivity contribution in [2.75, 3.05) is 24.1 Å². The fourth-order valence-electron chi connectivity index (χ4n) is 4.44. The average molecular weight is 546 g/mol. The smallest absolute Gasteiger partial charge is 0.209 e. The fourth-order valence-corrected chi connectivity index (χ4v) is 6.13. The molecule has 0 bridgehead atoms. The van der Waals surface area contributed by atoms with E-state index in [1.807, 2.05) is 26.0 Å². The first-order valence-corrected chi connectivity index (χ1v) is 13.0. The van der Waals surface area contributed by atoms with Gasteiger partial charge in [-0.1, -0.05) is 0 Å². The van der Waals surface area contributed by atoms with Crippen LogP contribution in [0.4, 0.5) is 17.2 Å². The SMILES string of the molecule is CC1CN(C=O)C[C@H](C)O1.N=Cc1cc(Nc2ncnc3sc4c(c23)CCCC4)c(Br)cc1N. The van der Waals surface area contributed by atoms with Gasteiger partial charge >= 0.3 is 0 Å². The second kappa shape index (κ2) is 10.8. The van der Waals surface area contributed by atoms with Crippen molar-refractivity contribution in [3.63, 3.8) is 0 Å². The third-order valence-electron chi connectivity index (χ3n) is 5.93. The fraction of sp³-hybridized carbons (Fsp3) is 0.417. The van der Waals surface area contributed by atoms with E-state index in [-0.39, 0.29) is 12.2 Å². The Kier molecular flexibility index (Phi) is 7.80. The number of morpholine rings is 1. The Balaban J connectivity index is 0.000000231. The Morgan fingerprint density at radius 2 is 1.97 bits per heavy atom. The quantitative estimate of drug-likeness (QED) is 0.244. The number of hydrogen-bond acceptors (Lipinski definition) is 8. The minimum Gasteiger partial charge on any atom is -0.398 e. The van der Waals surface area contributed by atoms with Crippen LogP contribution in [0, 0.1) is 5.41 Å². The molecule has 0 saturated carbocycles. The summed E-state index contributed by atoms with van der Waals surface area (Å²) < 4.78 is 6.27. The highest BCUT2D eigenvalue weighted by Gasteiger charge is 2.21. The van der Waals surface area contributed by atoms with Crippen LogP contribution in [0.25, 0.3) is 10.2 Å². The van der Waals surface area contributed by atoms with E-state index < -0.39 is 0 Å². The lowest BCUT2D eigenvalue weighted by atomic mass is 9.97. The summed E-state index contributed by atoms with van der Waals surface area (Å²) in [5.41, 5.74) is 9.42. The maximum atomic E-state index is 10.3. The summed E-state index contributed by atoms with van der Waals surface area (Å²) in [7, 11) is 0. The number of halogens is 1. The van der Waals surface area contributed by atoms with Crippen LogP contribution >= 0.6 is 27.3 Å². The number of carbonyl (C=O) groups excluding carboxylic acids is 1. The Morgan fingerprint density at radius 3 is 2.68 bits per heavy atom. The number of ether oxygens (including phenoxy) is 1. The van der Waals surface area contributed by atoms with Crippen molar-refractivity contribution in [1.82, 2.24) is 14.9 Å². The number of anilines is 3. The van der Waals surface area contributed by atoms with Gasteiger partial charge in [0, 0.05) is 39.9 Å². The zero-order chi connectivity index (χ0) is 24.2. The van der Waals surface area contributed by atoms with Crippen molar-refractivity contribution in [2.45, 2.75) is 51.7 Å². The third kappa shape index (κ3) is 5.39. The highest BCUT2D eigenvalue weighted by molar-refractivity contribution is 9.10. The summed E-state index contributed by atoms with van der Waals surface area (Å²) in [5.74, 6) is 0.820. The third-order valence-corrected chi connectivity index (χ3v) is 7.79. The highest BCUT2D eigenvalue weighted by atomic mass is 79.9. The molecule has 2 atom stereocenters. The molecule has 1 aromatic carbocycles. The van der Waals surface area contributed by atoms with E-state index >= 15 is 0 Å². The molecule has 1 aliphatic heterocycles. The van der Waals surface area contributed by atoms with Gasteiger partial charge in [-0.15, -0.1) is 11.3 Å². The van der Waals surface area contributed by atoms with E-state index in [0.29, 0.717) is 11.3 Å². The monoisotopic (exact) mass is 544 g/mol. The zero-order valence-electron chi connectivity index (χ0n) is 19.3. The zero-order valence-corrected chi connectivity index (χ0v) is 21.7. The number of hydrogen-bond donors (Lipinski definition) is 3. The van der Waals surface area contributed by atoms with E-state index in [1.165, 1.54) is 29.5 Å². The average Bonchev–Trinajstić information content (AvgIpc) is 3.20. The second-order valence-electron chi connectivity index (χ2n) is 8.66. The number of aromatic nitrogens is 2. The summed E-state index contributed by atoms with van der Waals surface area (Å²) >= 11 is 5.32. The van der Waals surface area contributed by atoms with E-state index in [9.17, 15) is 4.79 Å². The van der Waals surface area contributed by atoms with Crippen molar-refractivity contribution >= 4 is 67.3 Å². The van der Waals surface area contributed by atoms with Gasteiger partial charge in [-0.25, -0.2) is 9.97 Å². The van der Waals surface area contributed by atoms with Crippen LogP contribution in [0.3, 0.4) is 0 Å². The number of thiophene rings is 1. The number of rotatable bonds is 4. The van der Waals surface area contributed by atoms with Crippen molar-refractivity contribution in [3.8, 4) is 0 Å². The molecule has 2 aromatic heterocycles. The molecule has 4 N–H and O–H groups in total. The molecule has 3 aromatic rings. The molecular weight excluding hydrogens is 516 g/mol. The minimum absolute atomic E-state index is 0.189. The lowest BCUT2D eigenvalue weighted by molar-refractivity contribution is -0.130. The molecule has 8 nitrogen and oxygen atoms in total. The molecule has 1 unspecified atom stereocenters. The van der Waals surface area contributed by atoms with Crippen LogP contribution in [-0.4, -0.2) is 52.8 Å². The molecule has 10 heteroatoms. The Hall–Kier alpha value is -2.56. The predicted octanol–water partition coefficient (Wildman–Crippen LogP) is 4.91. The molecular formula is C24H29BrN6O2S. The van der Waals surface area contributed by atoms with Crippen LogP contribution in [-0.2, 0) is 22.4 Å². The first-order valence-electron chi connectivity index (χ1n) is 11.4. The van der Waals surface area contributed by atoms with Gasteiger partial charge in [-0.3, -0.25) is 4.79 Å². The van der Waals surface area contributed by atoms with Crippen molar-refractivity contribution in [2.24, 2.45) is 0 Å². The molecule has 180 valence electrons. The molecule has 2 aliphatic rings. The largest absolute Gasteiger partial charge is 0.398 e. The Labute approximate surface area is 211 Å². The lowest BCUT2D eigenvalue weighted by Crippen LogP contribution is -2.44. The lowest BCUT2D eigenvalue weighted by Gasteiger charge is -2.32. The van der Waals surface area contributed by atoms with Gasteiger partial charge < -0.3 is 26.1 Å². The maximum Gasteiger partial charge on any atom is 0.209 e. The van der Waals surface area contributed by atoms with Gasteiger partial charge in [0.25, 0.3) is 0 Å². The summed E-state index contributed by atoms with van der Waals surface area (Å²) in [6, 6.07) is 3.67. The minimum atomic E-state index is 0.189. The molecule has 0 spiro atoms. The van der Waals surface area contributed by atoms with Gasteiger partial charge in [0.1, 0.15) is 17.0 Å². The van der Waals surface area contributed by atoms with Crippen LogP contribution in [0.1, 0.15) is 42.7 Å². The predicted molar refractivity (Wildman–Crippen MR) is 141 cm³/mol. The van der Waals surface area contributed by atoms with Gasteiger partial charge in [-0.2, -0.15) is 0 Å². The number of nitrogens with zero attached hydrogens (tertiary/aromatic N) is 3. The number of fused-ring (bicyclic) bond motifs is 3. The van der Waals surface area contributed by atoms with Crippen LogP contribution in [0.5, 0.6) is 0 Å². The first-order chi connectivity index (χ1) is 16.4. The number of nitrogen functional groups attached to an aromatic ring is 1. The Bertz CT molecular complexity index is 1190. The summed E-state index contributed by atoms with van der Waals surface area (Å²) in [6.45, 7) is 5.42. The van der Waals surface area contributed by atoms with Crippen LogP contribution in [0.2, 0.25) is 0 Å². The molecule has 3 heterocycles. The first kappa shape index (κ1) is 24.6. The van der Waals surface area contributed by atoms with E-state index in [2.05, 4.69) is 31.2 Å². The van der Waals surface area contributed by atoms with E-state index in [0.717, 1.165) is 58.5 Å². The molecule has 1 saturated heterocycles. The molecule has 0 radical (unpaired) electrons. The number of nitrogens with two attached hydrogens (primary N) is 1. The highest BCUT2D eigenvalue weighted by Crippen LogP contribution is 2.39. The molecule has 1 fully saturated rings. The van der Waals surface area contributed by atoms with Crippen molar-refractivity contribution in [1.29, 1.82) is 5.41 Å². The molecule has 34 heavy (non-hydrogen) atoms. The Morgan fingerprint density at radius 1 is 1.24 bits per heavy atom. The summed E-state index contributed by atoms with van der Waals surface area (Å²) in [5, 5.41) is 12.0. The number of benzene rings is 1. The number of amides is 1. The maximum absolute atomic E-state index is 10.3. The number of aryl methyl sites for hydroxylation is 2. The van der Waals surface area contributed by atoms with E-state index in [1.54, 1.807) is 22.6 Å². The van der Waals surface area contributed by atoms with Crippen LogP contribution in [0.15, 0.2) is 22.9 Å². The number of carbonyl (C=O) groups is 1. The summed E-state index contributed by atoms with van der Waals surface area (Å²) in [4.78, 5) is 23.5. The standard InChI is InChI=1S/C17H16BrN5S.C7H13NO2/c18-11-6-12(20)9(7-19)5-13(11)23-16-15-10-3-1-2-4-14(10)24-17(15)22-8-21-16;1-6-3-8(5-9)4-7(2)10-6/h5-8,19H,1-4,20H2,(H,21,22,23);5-7H,3-4H2,1-2H3/t;6-,7?/m.0/s1. The number of nitrogens with one attached hydrogen (secondary N) is 2. The van der Waals surface area contributed by atoms with Gasteiger partial charge in [0.05, 0.1) is 23.3 Å². The summed E-state index contributed by atoms with van der Waals surface area (Å²) in [6.07, 6.45) is 8.83. The van der Waals surface area contributed by atoms with Gasteiger partial charge in [0.15, 0.2) is 0 Å². The van der Waals surface area contributed by atoms with Crippen molar-refractivity contribution < 1.29 is 9.53 Å². The van der Waals surface area contributed by atoms with Gasteiger partial charge in [-0.05, 0) is 73.2 Å². The normalized spacial score (nSPS) is 19.7. The van der Waals surface area contributed by atoms with Gasteiger partial charge in [0.2, 0.25) is 6.41 Å². The molecule has 1 amide bonds. The van der Waals surface area contributed by atoms with E-state index in [4.69, 9.17) is 15.9 Å². The molecule has 5 rings (SSSR count). The van der Waals surface area contributed by atoms with Crippen LogP contribution < -0.4 is 11.1 Å². The molecule has 1 aliphatic carbocycles. The second-order valence-corrected chi connectivity index (χ2v) is 10.6.